The van der Waals surface area contributed by atoms with Gasteiger partial charge in [-0.15, -0.1) is 0 Å². The number of carbonyl (C=O) groups is 1. The van der Waals surface area contributed by atoms with E-state index >= 15 is 0 Å². The van der Waals surface area contributed by atoms with Crippen LogP contribution in [0.15, 0.2) is 53.5 Å². The number of hydrogen-bond donors (Lipinski definition) is 2. The number of anilines is 1. The average Bonchev–Trinajstić information content (AvgIpc) is 3.49. The molecule has 0 radical (unpaired) electrons. The van der Waals surface area contributed by atoms with Gasteiger partial charge in [-0.25, -0.2) is 4.68 Å². The molecule has 0 fully saturated rings. The van der Waals surface area contributed by atoms with Crippen molar-refractivity contribution in [1.29, 1.82) is 0 Å². The van der Waals surface area contributed by atoms with Crippen LogP contribution in [0.2, 0.25) is 0 Å². The van der Waals surface area contributed by atoms with Gasteiger partial charge < -0.3 is 14.8 Å². The van der Waals surface area contributed by atoms with E-state index in [9.17, 15) is 9.59 Å². The van der Waals surface area contributed by atoms with Crippen molar-refractivity contribution in [2.75, 3.05) is 19.5 Å². The van der Waals surface area contributed by atoms with Crippen LogP contribution in [0.5, 0.6) is 11.5 Å². The summed E-state index contributed by atoms with van der Waals surface area (Å²) in [5.41, 5.74) is 4.42. The SMILES string of the molecule is COc1ccc(CC(=O)Nc2cc(C)nn2-c2nc3c(cnn3-c3ccc(C)c(C)c3)c(=O)[nH]2)cc1OC. The van der Waals surface area contributed by atoms with E-state index in [0.717, 1.165) is 22.4 Å². The quantitative estimate of drug-likeness (QED) is 0.341. The van der Waals surface area contributed by atoms with Crippen molar-refractivity contribution in [1.82, 2.24) is 29.5 Å². The second kappa shape index (κ2) is 9.85. The van der Waals surface area contributed by atoms with Crippen LogP contribution in [-0.4, -0.2) is 49.7 Å². The first kappa shape index (κ1) is 24.8. The van der Waals surface area contributed by atoms with E-state index in [1.165, 1.54) is 10.9 Å². The van der Waals surface area contributed by atoms with E-state index < -0.39 is 0 Å². The van der Waals surface area contributed by atoms with Gasteiger partial charge in [0.15, 0.2) is 17.1 Å². The van der Waals surface area contributed by atoms with Crippen LogP contribution >= 0.6 is 0 Å². The van der Waals surface area contributed by atoms with Gasteiger partial charge in [0.05, 0.1) is 38.2 Å². The number of benzene rings is 2. The summed E-state index contributed by atoms with van der Waals surface area (Å²) >= 11 is 0. The molecule has 3 heterocycles. The summed E-state index contributed by atoms with van der Waals surface area (Å²) in [6.07, 6.45) is 1.58. The number of H-pyrrole nitrogens is 1. The zero-order valence-corrected chi connectivity index (χ0v) is 21.7. The summed E-state index contributed by atoms with van der Waals surface area (Å²) in [5, 5.41) is 12.1. The molecule has 11 nitrogen and oxygen atoms in total. The highest BCUT2D eigenvalue weighted by Crippen LogP contribution is 2.28. The van der Waals surface area contributed by atoms with E-state index in [0.29, 0.717) is 34.0 Å². The van der Waals surface area contributed by atoms with Crippen molar-refractivity contribution in [3.63, 3.8) is 0 Å². The van der Waals surface area contributed by atoms with Gasteiger partial charge in [-0.3, -0.25) is 14.6 Å². The Balaban J connectivity index is 1.48. The Morgan fingerprint density at radius 3 is 2.50 bits per heavy atom. The van der Waals surface area contributed by atoms with Gasteiger partial charge in [0.1, 0.15) is 11.2 Å². The topological polar surface area (TPSA) is 129 Å². The van der Waals surface area contributed by atoms with Gasteiger partial charge in [-0.2, -0.15) is 19.9 Å². The highest BCUT2D eigenvalue weighted by molar-refractivity contribution is 5.92. The Morgan fingerprint density at radius 2 is 1.76 bits per heavy atom. The summed E-state index contributed by atoms with van der Waals surface area (Å²) in [6, 6.07) is 12.9. The number of amides is 1. The number of aromatic amines is 1. The van der Waals surface area contributed by atoms with Crippen molar-refractivity contribution >= 4 is 22.8 Å². The second-order valence-corrected chi connectivity index (χ2v) is 8.95. The summed E-state index contributed by atoms with van der Waals surface area (Å²) in [7, 11) is 3.10. The van der Waals surface area contributed by atoms with Gasteiger partial charge in [0, 0.05) is 6.07 Å². The lowest BCUT2D eigenvalue weighted by atomic mass is 10.1. The van der Waals surface area contributed by atoms with Crippen LogP contribution in [0.1, 0.15) is 22.4 Å². The summed E-state index contributed by atoms with van der Waals surface area (Å²) in [4.78, 5) is 33.3. The molecule has 0 unspecified atom stereocenters. The highest BCUT2D eigenvalue weighted by atomic mass is 16.5. The van der Waals surface area contributed by atoms with Crippen LogP contribution in [0, 0.1) is 20.8 Å². The number of fused-ring (bicyclic) bond motifs is 1. The number of hydrogen-bond acceptors (Lipinski definition) is 7. The summed E-state index contributed by atoms with van der Waals surface area (Å²) in [5.74, 6) is 1.36. The van der Waals surface area contributed by atoms with Crippen molar-refractivity contribution in [3.05, 3.63) is 81.4 Å². The predicted molar refractivity (Wildman–Crippen MR) is 143 cm³/mol. The lowest BCUT2D eigenvalue weighted by molar-refractivity contribution is -0.115. The lowest BCUT2D eigenvalue weighted by Gasteiger charge is -2.11. The van der Waals surface area contributed by atoms with Gasteiger partial charge in [0.2, 0.25) is 11.9 Å². The Hall–Kier alpha value is -4.93. The van der Waals surface area contributed by atoms with E-state index in [1.807, 2.05) is 32.0 Å². The molecule has 0 spiro atoms. The van der Waals surface area contributed by atoms with Crippen LogP contribution in [0.25, 0.3) is 22.7 Å². The van der Waals surface area contributed by atoms with E-state index in [2.05, 4.69) is 25.5 Å². The summed E-state index contributed by atoms with van der Waals surface area (Å²) in [6.45, 7) is 5.83. The third-order valence-electron chi connectivity index (χ3n) is 6.27. The monoisotopic (exact) mass is 513 g/mol. The van der Waals surface area contributed by atoms with Gasteiger partial charge >= 0.3 is 0 Å². The van der Waals surface area contributed by atoms with Gasteiger partial charge in [-0.05, 0) is 61.7 Å². The molecule has 0 bridgehead atoms. The number of methoxy groups -OCH3 is 2. The molecule has 2 N–H and O–H groups in total. The fourth-order valence-corrected chi connectivity index (χ4v) is 4.17. The molecule has 0 aliphatic heterocycles. The molecule has 194 valence electrons. The minimum absolute atomic E-state index is 0.0904. The van der Waals surface area contributed by atoms with E-state index in [1.54, 1.807) is 50.1 Å². The smallest absolute Gasteiger partial charge is 0.263 e. The van der Waals surface area contributed by atoms with Crippen molar-refractivity contribution in [3.8, 4) is 23.1 Å². The van der Waals surface area contributed by atoms with Crippen molar-refractivity contribution in [2.45, 2.75) is 27.2 Å². The number of carbonyl (C=O) groups excluding carboxylic acids is 1. The maximum Gasteiger partial charge on any atom is 0.263 e. The first-order valence-corrected chi connectivity index (χ1v) is 11.9. The highest BCUT2D eigenvalue weighted by Gasteiger charge is 2.18. The first-order valence-electron chi connectivity index (χ1n) is 11.9. The third-order valence-corrected chi connectivity index (χ3v) is 6.27. The van der Waals surface area contributed by atoms with Crippen LogP contribution in [0.3, 0.4) is 0 Å². The van der Waals surface area contributed by atoms with Gasteiger partial charge in [-0.1, -0.05) is 12.1 Å². The fraction of sp³-hybridized carbons (Fsp3) is 0.222. The molecule has 0 saturated heterocycles. The standard InChI is InChI=1S/C27H27N7O4/c1-15-6-8-19(10-16(15)2)33-25-20(14-28-33)26(36)31-27(30-25)34-23(11-17(3)32-34)29-24(35)13-18-7-9-21(37-4)22(12-18)38-5/h6-12,14H,13H2,1-5H3,(H,29,35)(H,30,31,36). The first-order chi connectivity index (χ1) is 18.3. The van der Waals surface area contributed by atoms with Crippen LogP contribution < -0.4 is 20.3 Å². The Morgan fingerprint density at radius 1 is 0.974 bits per heavy atom. The molecule has 0 saturated carbocycles. The van der Waals surface area contributed by atoms with E-state index in [-0.39, 0.29) is 23.8 Å². The Bertz CT molecular complexity index is 1730. The number of ether oxygens (including phenoxy) is 2. The van der Waals surface area contributed by atoms with E-state index in [4.69, 9.17) is 9.47 Å². The molecule has 0 aliphatic rings. The number of nitrogens with zero attached hydrogens (tertiary/aromatic N) is 5. The van der Waals surface area contributed by atoms with Crippen molar-refractivity contribution in [2.24, 2.45) is 0 Å². The normalized spacial score (nSPS) is 11.1. The zero-order valence-electron chi connectivity index (χ0n) is 21.7. The van der Waals surface area contributed by atoms with Crippen molar-refractivity contribution < 1.29 is 14.3 Å². The third kappa shape index (κ3) is 4.61. The minimum atomic E-state index is -0.365. The fourth-order valence-electron chi connectivity index (χ4n) is 4.17. The number of nitrogens with one attached hydrogen (secondary N) is 2. The molecule has 2 aromatic carbocycles. The summed E-state index contributed by atoms with van der Waals surface area (Å²) < 4.78 is 13.6. The molecular weight excluding hydrogens is 486 g/mol. The maximum atomic E-state index is 12.9. The lowest BCUT2D eigenvalue weighted by Crippen LogP contribution is -2.20. The predicted octanol–water partition coefficient (Wildman–Crippen LogP) is 3.42. The number of aromatic nitrogens is 6. The molecule has 3 aromatic heterocycles. The second-order valence-electron chi connectivity index (χ2n) is 8.95. The van der Waals surface area contributed by atoms with Gasteiger partial charge in [0.25, 0.3) is 5.56 Å². The molecular formula is C27H27N7O4. The molecule has 5 aromatic rings. The zero-order chi connectivity index (χ0) is 27.0. The molecule has 11 heteroatoms. The average molecular weight is 514 g/mol. The number of aryl methyl sites for hydroxylation is 3. The molecule has 5 rings (SSSR count). The Labute approximate surface area is 218 Å². The number of rotatable bonds is 7. The largest absolute Gasteiger partial charge is 0.493 e. The molecule has 1 amide bonds. The Kier molecular flexibility index (Phi) is 6.41. The van der Waals surface area contributed by atoms with Crippen LogP contribution in [-0.2, 0) is 11.2 Å². The maximum absolute atomic E-state index is 12.9. The molecule has 0 aliphatic carbocycles. The molecule has 0 atom stereocenters. The minimum Gasteiger partial charge on any atom is -0.493 e. The van der Waals surface area contributed by atoms with Crippen LogP contribution in [0.4, 0.5) is 5.82 Å². The molecule has 38 heavy (non-hydrogen) atoms.